The molecule has 0 spiro atoms. The number of fused-ring (bicyclic) bond motifs is 2. The number of nitrogens with one attached hydrogen (secondary N) is 4. The van der Waals surface area contributed by atoms with E-state index in [-0.39, 0.29) is 67.3 Å². The topological polar surface area (TPSA) is 230 Å². The van der Waals surface area contributed by atoms with Crippen LogP contribution in [0.2, 0.25) is 0 Å². The van der Waals surface area contributed by atoms with E-state index in [0.29, 0.717) is 114 Å². The molecule has 2 aromatic carbocycles. The number of likely N-dealkylation sites (tertiary alicyclic amines) is 1. The number of anilines is 3. The number of rotatable bonds is 19. The minimum absolute atomic E-state index is 0.0366. The van der Waals surface area contributed by atoms with Gasteiger partial charge in [0.25, 0.3) is 5.91 Å². The van der Waals surface area contributed by atoms with Crippen molar-refractivity contribution in [1.82, 2.24) is 50.0 Å². The van der Waals surface area contributed by atoms with Crippen LogP contribution in [0.4, 0.5) is 21.6 Å². The van der Waals surface area contributed by atoms with Gasteiger partial charge in [0, 0.05) is 103 Å². The van der Waals surface area contributed by atoms with Crippen LogP contribution >= 0.6 is 11.3 Å². The SMILES string of the molecule is Cc1ncsc1-c1ccc([C@H](C)NC(=O)[C@@H]2C[C@@H](O)CN2C(=O)C(CNC(=O)CCCCCC(=O)N2CCN(CC3(O)CCN(c4ccc(Nc5ccc(-c6cnc7cc(F)ccn67)c6c5C(=O)NC6)nc4)CC3)CC2)C(C)(C)C)cc1. The monoisotopic (exact) mass is 1140 g/mol. The fourth-order valence-electron chi connectivity index (χ4n) is 11.9. The summed E-state index contributed by atoms with van der Waals surface area (Å²) in [5.74, 6) is -1.31. The lowest BCUT2D eigenvalue weighted by Crippen LogP contribution is -2.56. The molecule has 0 saturated carbocycles. The zero-order chi connectivity index (χ0) is 57.9. The second-order valence-corrected chi connectivity index (χ2v) is 24.5. The molecule has 4 aliphatic rings. The number of pyridine rings is 2. The van der Waals surface area contributed by atoms with Crippen LogP contribution < -0.4 is 26.2 Å². The van der Waals surface area contributed by atoms with Gasteiger partial charge in [0.2, 0.25) is 23.6 Å². The Morgan fingerprint density at radius 1 is 0.915 bits per heavy atom. The van der Waals surface area contributed by atoms with Crippen molar-refractivity contribution in [2.75, 3.05) is 69.1 Å². The summed E-state index contributed by atoms with van der Waals surface area (Å²) in [6.45, 7) is 14.6. The van der Waals surface area contributed by atoms with E-state index in [1.54, 1.807) is 34.3 Å². The molecule has 6 N–H and O–H groups in total. The molecule has 4 aromatic heterocycles. The van der Waals surface area contributed by atoms with E-state index in [4.69, 9.17) is 0 Å². The molecule has 10 rings (SSSR count). The molecule has 21 heteroatoms. The van der Waals surface area contributed by atoms with E-state index >= 15 is 0 Å². The van der Waals surface area contributed by atoms with Gasteiger partial charge in [0.05, 0.1) is 74.8 Å². The molecule has 5 amide bonds. The maximum absolute atomic E-state index is 14.2. The molecule has 4 aliphatic heterocycles. The zero-order valence-electron chi connectivity index (χ0n) is 47.4. The van der Waals surface area contributed by atoms with Crippen molar-refractivity contribution >= 4 is 63.7 Å². The fourth-order valence-corrected chi connectivity index (χ4v) is 12.7. The van der Waals surface area contributed by atoms with Gasteiger partial charge in [-0.3, -0.25) is 33.3 Å². The third kappa shape index (κ3) is 13.1. The van der Waals surface area contributed by atoms with Crippen molar-refractivity contribution in [2.45, 2.75) is 116 Å². The van der Waals surface area contributed by atoms with Gasteiger partial charge in [-0.25, -0.2) is 19.3 Å². The van der Waals surface area contributed by atoms with E-state index in [2.05, 4.69) is 46.0 Å². The average Bonchev–Trinajstić information content (AvgIpc) is 3.93. The van der Waals surface area contributed by atoms with Crippen molar-refractivity contribution in [3.05, 3.63) is 113 Å². The molecule has 3 saturated heterocycles. The number of imidazole rings is 1. The number of β-amino-alcohol motifs (C(OH)–C–C–N with tert-alkyl or cyclic N) is 2. The van der Waals surface area contributed by atoms with Crippen LogP contribution in [0.1, 0.15) is 112 Å². The van der Waals surface area contributed by atoms with Gasteiger partial charge in [0.15, 0.2) is 0 Å². The Morgan fingerprint density at radius 3 is 2.38 bits per heavy atom. The van der Waals surface area contributed by atoms with E-state index in [0.717, 1.165) is 44.2 Å². The second-order valence-electron chi connectivity index (χ2n) is 23.6. The molecule has 4 atom stereocenters. The van der Waals surface area contributed by atoms with Gasteiger partial charge < -0.3 is 46.2 Å². The van der Waals surface area contributed by atoms with Crippen molar-refractivity contribution in [3.8, 4) is 21.7 Å². The van der Waals surface area contributed by atoms with Crippen LogP contribution in [0.3, 0.4) is 0 Å². The summed E-state index contributed by atoms with van der Waals surface area (Å²) in [4.78, 5) is 89.7. The molecular formula is C61H75FN12O7S. The summed E-state index contributed by atoms with van der Waals surface area (Å²) in [5, 5.41) is 34.7. The number of piperidine rings is 1. The Bertz CT molecular complexity index is 3290. The number of carbonyl (C=O) groups excluding carboxylic acids is 5. The summed E-state index contributed by atoms with van der Waals surface area (Å²) in [7, 11) is 0. The van der Waals surface area contributed by atoms with Crippen LogP contribution in [0.15, 0.2) is 84.8 Å². The molecule has 8 heterocycles. The summed E-state index contributed by atoms with van der Waals surface area (Å²) >= 11 is 1.58. The van der Waals surface area contributed by atoms with E-state index in [1.165, 1.54) is 17.0 Å². The minimum atomic E-state index is -0.853. The highest BCUT2D eigenvalue weighted by molar-refractivity contribution is 7.13. The first-order valence-electron chi connectivity index (χ1n) is 28.6. The first kappa shape index (κ1) is 57.9. The van der Waals surface area contributed by atoms with Crippen LogP contribution in [-0.2, 0) is 25.7 Å². The lowest BCUT2D eigenvalue weighted by Gasteiger charge is -2.43. The number of piperazine rings is 1. The number of thiazole rings is 1. The Kier molecular flexibility index (Phi) is 17.4. The molecule has 19 nitrogen and oxygen atoms in total. The predicted molar refractivity (Wildman–Crippen MR) is 313 cm³/mol. The molecule has 82 heavy (non-hydrogen) atoms. The number of aryl methyl sites for hydroxylation is 1. The Labute approximate surface area is 481 Å². The third-order valence-electron chi connectivity index (χ3n) is 16.8. The number of amides is 5. The van der Waals surface area contributed by atoms with Crippen molar-refractivity contribution in [3.63, 3.8) is 0 Å². The lowest BCUT2D eigenvalue weighted by atomic mass is 9.79. The Balaban J connectivity index is 0.614. The smallest absolute Gasteiger partial charge is 0.254 e. The molecule has 1 unspecified atom stereocenters. The van der Waals surface area contributed by atoms with Gasteiger partial charge in [-0.1, -0.05) is 57.5 Å². The number of unbranched alkanes of at least 4 members (excludes halogenated alkanes) is 2. The lowest BCUT2D eigenvalue weighted by molar-refractivity contribution is -0.144. The highest BCUT2D eigenvalue weighted by Gasteiger charge is 2.44. The number of nitrogens with zero attached hydrogens (tertiary/aromatic N) is 8. The van der Waals surface area contributed by atoms with E-state index < -0.39 is 29.1 Å². The zero-order valence-corrected chi connectivity index (χ0v) is 48.2. The maximum Gasteiger partial charge on any atom is 0.254 e. The molecular weight excluding hydrogens is 1060 g/mol. The van der Waals surface area contributed by atoms with Crippen LogP contribution in [0.25, 0.3) is 27.3 Å². The fraction of sp³-hybridized carbons (Fsp3) is 0.475. The van der Waals surface area contributed by atoms with Crippen molar-refractivity contribution in [1.29, 1.82) is 0 Å². The van der Waals surface area contributed by atoms with Crippen LogP contribution in [-0.4, -0.2) is 150 Å². The molecule has 3 fully saturated rings. The maximum atomic E-state index is 14.2. The second kappa shape index (κ2) is 24.6. The van der Waals surface area contributed by atoms with Gasteiger partial charge in [-0.05, 0) is 85.9 Å². The van der Waals surface area contributed by atoms with Crippen molar-refractivity contribution < 1.29 is 38.6 Å². The average molecular weight is 1140 g/mol. The molecule has 434 valence electrons. The largest absolute Gasteiger partial charge is 0.391 e. The quantitative estimate of drug-likeness (QED) is 0.0450. The highest BCUT2D eigenvalue weighted by atomic mass is 32.1. The van der Waals surface area contributed by atoms with Crippen LogP contribution in [0, 0.1) is 24.1 Å². The molecule has 6 aromatic rings. The summed E-state index contributed by atoms with van der Waals surface area (Å²) < 4.78 is 15.7. The number of halogens is 1. The van der Waals surface area contributed by atoms with Gasteiger partial charge in [-0.15, -0.1) is 11.3 Å². The normalized spacial score (nSPS) is 19.0. The molecule has 0 radical (unpaired) electrons. The standard InChI is InChI=1S/C61H75FN12O7S/c1-38(40-11-13-41(14-12-40)56-39(2)67-37-82-56)68-57(78)49-30-44(75)35-74(49)59(80)47(60(3,4)5)33-65-53(76)9-7-6-8-10-54(77)72-27-25-70(26-28-72)36-61(81)20-23-71(24-21-61)43-15-18-51(63-31-43)69-48-17-16-45(46-32-66-58(79)55(46)48)50-34-64-52-29-42(62)19-22-73(50)52/h11-19,22,29,31,34,37-38,44,47,49,75,81H,6-10,20-21,23-28,30,32-33,35-36H2,1-5H3,(H,63,69)(H,65,76)(H,66,79)(H,68,78)/t38-,44+,47?,49-/m0/s1. The third-order valence-corrected chi connectivity index (χ3v) is 17.8. The number of hydrogen-bond acceptors (Lipinski definition) is 14. The van der Waals surface area contributed by atoms with E-state index in [1.807, 2.05) is 93.6 Å². The summed E-state index contributed by atoms with van der Waals surface area (Å²) in [6, 6.07) is 17.2. The van der Waals surface area contributed by atoms with Gasteiger partial charge in [-0.2, -0.15) is 0 Å². The number of aromatic nitrogens is 4. The van der Waals surface area contributed by atoms with E-state index in [9.17, 15) is 38.6 Å². The number of aliphatic hydroxyl groups excluding tert-OH is 1. The Hall–Kier alpha value is -7.33. The minimum Gasteiger partial charge on any atom is -0.391 e. The predicted octanol–water partition coefficient (Wildman–Crippen LogP) is 7.00. The first-order valence-corrected chi connectivity index (χ1v) is 29.5. The van der Waals surface area contributed by atoms with Crippen LogP contribution in [0.5, 0.6) is 0 Å². The number of benzene rings is 2. The summed E-state index contributed by atoms with van der Waals surface area (Å²) in [6.07, 6.45) is 8.19. The highest BCUT2D eigenvalue weighted by Crippen LogP contribution is 2.37. The number of carbonyl (C=O) groups is 5. The van der Waals surface area contributed by atoms with Crippen molar-refractivity contribution in [2.24, 2.45) is 11.3 Å². The first-order chi connectivity index (χ1) is 39.3. The number of aliphatic hydroxyl groups is 2. The number of hydrogen-bond donors (Lipinski definition) is 6. The summed E-state index contributed by atoms with van der Waals surface area (Å²) in [5.41, 5.74) is 8.35. The van der Waals surface area contributed by atoms with Gasteiger partial charge >= 0.3 is 0 Å². The molecule has 0 aliphatic carbocycles. The molecule has 0 bridgehead atoms. The van der Waals surface area contributed by atoms with Gasteiger partial charge in [0.1, 0.15) is 23.3 Å². The Morgan fingerprint density at radius 2 is 1.67 bits per heavy atom.